The van der Waals surface area contributed by atoms with E-state index in [0.717, 1.165) is 0 Å². The summed E-state index contributed by atoms with van der Waals surface area (Å²) in [5.74, 6) is 0.266. The van der Waals surface area contributed by atoms with Gasteiger partial charge in [-0.05, 0) is 24.5 Å². The first-order valence-electron chi connectivity index (χ1n) is 6.63. The molecule has 0 radical (unpaired) electrons. The topological polar surface area (TPSA) is 85.2 Å². The van der Waals surface area contributed by atoms with E-state index in [9.17, 15) is 9.90 Å². The summed E-state index contributed by atoms with van der Waals surface area (Å²) >= 11 is 0. The maximum atomic E-state index is 10.7. The number of methoxy groups -OCH3 is 3. The van der Waals surface area contributed by atoms with E-state index in [2.05, 4.69) is 0 Å². The van der Waals surface area contributed by atoms with Crippen molar-refractivity contribution in [3.05, 3.63) is 17.7 Å². The molecule has 0 fully saturated rings. The molecule has 21 heavy (non-hydrogen) atoms. The van der Waals surface area contributed by atoms with Crippen molar-refractivity contribution >= 4 is 5.97 Å². The molecule has 6 nitrogen and oxygen atoms in total. The van der Waals surface area contributed by atoms with Gasteiger partial charge < -0.3 is 24.4 Å². The number of rotatable bonds is 8. The lowest BCUT2D eigenvalue weighted by Gasteiger charge is -2.20. The molecule has 118 valence electrons. The first kappa shape index (κ1) is 17.1. The van der Waals surface area contributed by atoms with Crippen LogP contribution < -0.4 is 14.2 Å². The Morgan fingerprint density at radius 1 is 1.14 bits per heavy atom. The highest BCUT2D eigenvalue weighted by Crippen LogP contribution is 2.43. The number of benzene rings is 1. The van der Waals surface area contributed by atoms with Gasteiger partial charge in [0.15, 0.2) is 11.5 Å². The Labute approximate surface area is 124 Å². The summed E-state index contributed by atoms with van der Waals surface area (Å²) in [6.45, 7) is 1.78. The quantitative estimate of drug-likeness (QED) is 0.765. The smallest absolute Gasteiger partial charge is 0.303 e. The van der Waals surface area contributed by atoms with E-state index >= 15 is 0 Å². The van der Waals surface area contributed by atoms with Crippen LogP contribution in [0.5, 0.6) is 17.2 Å². The van der Waals surface area contributed by atoms with Gasteiger partial charge in [-0.25, -0.2) is 0 Å². The van der Waals surface area contributed by atoms with Gasteiger partial charge in [0.25, 0.3) is 0 Å². The lowest BCUT2D eigenvalue weighted by Crippen LogP contribution is -2.10. The highest BCUT2D eigenvalue weighted by Gasteiger charge is 2.23. The molecular formula is C15H22O6. The van der Waals surface area contributed by atoms with Crippen molar-refractivity contribution in [1.29, 1.82) is 0 Å². The van der Waals surface area contributed by atoms with Crippen LogP contribution in [0.25, 0.3) is 0 Å². The fourth-order valence-corrected chi connectivity index (χ4v) is 2.28. The largest absolute Gasteiger partial charge is 0.493 e. The van der Waals surface area contributed by atoms with E-state index in [4.69, 9.17) is 19.3 Å². The van der Waals surface area contributed by atoms with Crippen LogP contribution in [0.4, 0.5) is 0 Å². The number of aliphatic hydroxyl groups is 1. The number of carboxylic acids is 1. The first-order chi connectivity index (χ1) is 9.94. The van der Waals surface area contributed by atoms with Gasteiger partial charge in [0, 0.05) is 12.0 Å². The standard InChI is InChI=1S/C15H22O6/c1-9(8-13(17)18)7-11(16)10-5-6-12(19-2)15(21-4)14(10)20-3/h5-6,9,11,16H,7-8H2,1-4H3,(H,17,18). The summed E-state index contributed by atoms with van der Waals surface area (Å²) in [6, 6.07) is 3.38. The molecule has 0 saturated carbocycles. The number of carboxylic acid groups (broad SMARTS) is 1. The minimum absolute atomic E-state index is 0.00661. The molecule has 6 heteroatoms. The Kier molecular flexibility index (Phi) is 6.30. The maximum Gasteiger partial charge on any atom is 0.303 e. The molecule has 0 spiro atoms. The van der Waals surface area contributed by atoms with Crippen molar-refractivity contribution in [1.82, 2.24) is 0 Å². The monoisotopic (exact) mass is 298 g/mol. The molecule has 0 bridgehead atoms. The maximum absolute atomic E-state index is 10.7. The highest BCUT2D eigenvalue weighted by atomic mass is 16.5. The molecule has 0 aliphatic rings. The van der Waals surface area contributed by atoms with E-state index in [1.807, 2.05) is 0 Å². The number of ether oxygens (including phenoxy) is 3. The Bertz CT molecular complexity index is 485. The molecule has 1 rings (SSSR count). The van der Waals surface area contributed by atoms with Crippen LogP contribution in [-0.2, 0) is 4.79 Å². The van der Waals surface area contributed by atoms with Gasteiger partial charge in [0.1, 0.15) is 0 Å². The molecule has 1 aromatic rings. The van der Waals surface area contributed by atoms with Crippen LogP contribution in [0.3, 0.4) is 0 Å². The van der Waals surface area contributed by atoms with Gasteiger partial charge in [-0.1, -0.05) is 6.92 Å². The average Bonchev–Trinajstić information content (AvgIpc) is 2.44. The molecule has 2 N–H and O–H groups in total. The van der Waals surface area contributed by atoms with Gasteiger partial charge in [0.05, 0.1) is 27.4 Å². The van der Waals surface area contributed by atoms with Crippen molar-refractivity contribution in [2.45, 2.75) is 25.9 Å². The normalized spacial score (nSPS) is 13.4. The van der Waals surface area contributed by atoms with Crippen molar-refractivity contribution in [3.63, 3.8) is 0 Å². The molecule has 0 heterocycles. The SMILES string of the molecule is COc1ccc(C(O)CC(C)CC(=O)O)c(OC)c1OC. The minimum atomic E-state index is -0.881. The first-order valence-corrected chi connectivity index (χ1v) is 6.63. The average molecular weight is 298 g/mol. The van der Waals surface area contributed by atoms with Crippen LogP contribution in [0.1, 0.15) is 31.4 Å². The molecule has 2 atom stereocenters. The Morgan fingerprint density at radius 2 is 1.76 bits per heavy atom. The summed E-state index contributed by atoms with van der Waals surface area (Å²) in [7, 11) is 4.49. The molecule has 0 amide bonds. The van der Waals surface area contributed by atoms with Crippen LogP contribution >= 0.6 is 0 Å². The third-order valence-electron chi connectivity index (χ3n) is 3.24. The van der Waals surface area contributed by atoms with E-state index in [0.29, 0.717) is 29.2 Å². The van der Waals surface area contributed by atoms with Gasteiger partial charge >= 0.3 is 5.97 Å². The zero-order valence-corrected chi connectivity index (χ0v) is 12.8. The lowest BCUT2D eigenvalue weighted by atomic mass is 9.95. The molecular weight excluding hydrogens is 276 g/mol. The van der Waals surface area contributed by atoms with E-state index < -0.39 is 12.1 Å². The van der Waals surface area contributed by atoms with Crippen molar-refractivity contribution in [2.75, 3.05) is 21.3 Å². The molecule has 0 aliphatic heterocycles. The van der Waals surface area contributed by atoms with Crippen molar-refractivity contribution in [3.8, 4) is 17.2 Å². The summed E-state index contributed by atoms with van der Waals surface area (Å²) < 4.78 is 15.8. The predicted molar refractivity (Wildman–Crippen MR) is 77.1 cm³/mol. The number of hydrogen-bond acceptors (Lipinski definition) is 5. The lowest BCUT2D eigenvalue weighted by molar-refractivity contribution is -0.138. The number of aliphatic hydroxyl groups excluding tert-OH is 1. The number of hydrogen-bond donors (Lipinski definition) is 2. The van der Waals surface area contributed by atoms with Crippen LogP contribution in [-0.4, -0.2) is 37.5 Å². The minimum Gasteiger partial charge on any atom is -0.493 e. The Morgan fingerprint density at radius 3 is 2.24 bits per heavy atom. The highest BCUT2D eigenvalue weighted by molar-refractivity contribution is 5.67. The summed E-state index contributed by atoms with van der Waals surface area (Å²) in [6.07, 6.45) is -0.515. The number of aliphatic carboxylic acids is 1. The van der Waals surface area contributed by atoms with Crippen LogP contribution in [0, 0.1) is 5.92 Å². The molecule has 0 aromatic heterocycles. The van der Waals surface area contributed by atoms with E-state index in [-0.39, 0.29) is 12.3 Å². The molecule has 0 aliphatic carbocycles. The van der Waals surface area contributed by atoms with Crippen LogP contribution in [0.2, 0.25) is 0 Å². The molecule has 1 aromatic carbocycles. The Balaban J connectivity index is 3.03. The summed E-state index contributed by atoms with van der Waals surface area (Å²) in [4.78, 5) is 10.7. The fourth-order valence-electron chi connectivity index (χ4n) is 2.28. The Hall–Kier alpha value is -1.95. The van der Waals surface area contributed by atoms with Crippen molar-refractivity contribution in [2.24, 2.45) is 5.92 Å². The van der Waals surface area contributed by atoms with Gasteiger partial charge in [-0.15, -0.1) is 0 Å². The van der Waals surface area contributed by atoms with E-state index in [1.165, 1.54) is 21.3 Å². The van der Waals surface area contributed by atoms with Crippen molar-refractivity contribution < 1.29 is 29.2 Å². The second-order valence-electron chi connectivity index (χ2n) is 4.88. The number of carbonyl (C=O) groups is 1. The molecule has 2 unspecified atom stereocenters. The third-order valence-corrected chi connectivity index (χ3v) is 3.24. The fraction of sp³-hybridized carbons (Fsp3) is 0.533. The van der Waals surface area contributed by atoms with Gasteiger partial charge in [-0.2, -0.15) is 0 Å². The second kappa shape index (κ2) is 7.73. The predicted octanol–water partition coefficient (Wildman–Crippen LogP) is 2.25. The van der Waals surface area contributed by atoms with E-state index in [1.54, 1.807) is 19.1 Å². The zero-order chi connectivity index (χ0) is 16.0. The third kappa shape index (κ3) is 4.26. The van der Waals surface area contributed by atoms with Gasteiger partial charge in [-0.3, -0.25) is 4.79 Å². The van der Waals surface area contributed by atoms with Gasteiger partial charge in [0.2, 0.25) is 5.75 Å². The zero-order valence-electron chi connectivity index (χ0n) is 12.8. The molecule has 0 saturated heterocycles. The summed E-state index contributed by atoms with van der Waals surface area (Å²) in [5.41, 5.74) is 0.549. The van der Waals surface area contributed by atoms with Crippen LogP contribution in [0.15, 0.2) is 12.1 Å². The second-order valence-corrected chi connectivity index (χ2v) is 4.88. The summed E-state index contributed by atoms with van der Waals surface area (Å²) in [5, 5.41) is 19.1.